The molecule has 0 saturated heterocycles. The summed E-state index contributed by atoms with van der Waals surface area (Å²) in [5.41, 5.74) is 0.701. The van der Waals surface area contributed by atoms with E-state index in [0.717, 1.165) is 0 Å². The Morgan fingerprint density at radius 1 is 1.28 bits per heavy atom. The summed E-state index contributed by atoms with van der Waals surface area (Å²) < 4.78 is 0. The Kier molecular flexibility index (Phi) is 5.63. The van der Waals surface area contributed by atoms with Gasteiger partial charge in [0, 0.05) is 11.1 Å². The Morgan fingerprint density at radius 3 is 2.33 bits per heavy atom. The highest BCUT2D eigenvalue weighted by molar-refractivity contribution is 6.30. The van der Waals surface area contributed by atoms with Crippen molar-refractivity contribution in [1.29, 1.82) is 0 Å². The lowest BCUT2D eigenvalue weighted by atomic mass is 10.0. The van der Waals surface area contributed by atoms with Crippen molar-refractivity contribution in [3.63, 3.8) is 0 Å². The maximum absolute atomic E-state index is 11.7. The number of carbonyl (C=O) groups excluding carboxylic acids is 1. The summed E-state index contributed by atoms with van der Waals surface area (Å²) in [6, 6.07) is 6.97. The molecule has 0 aromatic heterocycles. The summed E-state index contributed by atoms with van der Waals surface area (Å²) in [6.07, 6.45) is -0.722. The molecule has 0 aliphatic rings. The Morgan fingerprint density at radius 2 is 1.83 bits per heavy atom. The number of halogens is 1. The van der Waals surface area contributed by atoms with E-state index in [1.807, 2.05) is 20.8 Å². The highest BCUT2D eigenvalue weighted by Gasteiger charge is 2.16. The fourth-order valence-electron chi connectivity index (χ4n) is 1.46. The monoisotopic (exact) mass is 269 g/mol. The number of carbonyl (C=O) groups is 1. The number of hydrogen-bond acceptors (Lipinski definition) is 2. The van der Waals surface area contributed by atoms with Gasteiger partial charge < -0.3 is 10.4 Å². The fourth-order valence-corrected chi connectivity index (χ4v) is 1.58. The molecule has 18 heavy (non-hydrogen) atoms. The number of rotatable bonds is 5. The Bertz CT molecular complexity index is 389. The van der Waals surface area contributed by atoms with Crippen LogP contribution in [0.5, 0.6) is 0 Å². The molecule has 1 aromatic rings. The molecule has 2 unspecified atom stereocenters. The highest BCUT2D eigenvalue weighted by Crippen LogP contribution is 2.19. The summed E-state index contributed by atoms with van der Waals surface area (Å²) in [5.74, 6) is 0.236. The molecular formula is C14H20ClNO2. The minimum Gasteiger partial charge on any atom is -0.388 e. The van der Waals surface area contributed by atoms with Gasteiger partial charge in [-0.1, -0.05) is 37.6 Å². The van der Waals surface area contributed by atoms with E-state index in [1.165, 1.54) is 0 Å². The van der Waals surface area contributed by atoms with Crippen LogP contribution in [0.2, 0.25) is 5.02 Å². The van der Waals surface area contributed by atoms with Gasteiger partial charge in [0.1, 0.15) is 0 Å². The van der Waals surface area contributed by atoms with Crippen LogP contribution in [0.15, 0.2) is 24.3 Å². The Balaban J connectivity index is 2.51. The molecule has 1 rings (SSSR count). The second kappa shape index (κ2) is 6.76. The van der Waals surface area contributed by atoms with Gasteiger partial charge in [-0.25, -0.2) is 0 Å². The average Bonchev–Trinajstić information content (AvgIpc) is 2.29. The van der Waals surface area contributed by atoms with Crippen LogP contribution in [-0.2, 0) is 4.79 Å². The van der Waals surface area contributed by atoms with E-state index in [1.54, 1.807) is 24.3 Å². The van der Waals surface area contributed by atoms with Gasteiger partial charge in [0.25, 0.3) is 0 Å². The van der Waals surface area contributed by atoms with Crippen molar-refractivity contribution in [3.8, 4) is 0 Å². The van der Waals surface area contributed by atoms with Gasteiger partial charge in [-0.2, -0.15) is 0 Å². The van der Waals surface area contributed by atoms with E-state index in [9.17, 15) is 9.90 Å². The van der Waals surface area contributed by atoms with Gasteiger partial charge >= 0.3 is 0 Å². The van der Waals surface area contributed by atoms with Crippen molar-refractivity contribution in [1.82, 2.24) is 5.32 Å². The molecule has 0 fully saturated rings. The zero-order valence-corrected chi connectivity index (χ0v) is 11.7. The molecule has 0 radical (unpaired) electrons. The molecule has 100 valence electrons. The summed E-state index contributed by atoms with van der Waals surface area (Å²) in [5, 5.41) is 13.4. The maximum Gasteiger partial charge on any atom is 0.223 e. The van der Waals surface area contributed by atoms with Gasteiger partial charge in [-0.05, 0) is 30.5 Å². The van der Waals surface area contributed by atoms with Crippen LogP contribution in [0.25, 0.3) is 0 Å². The van der Waals surface area contributed by atoms with Gasteiger partial charge in [-0.15, -0.1) is 0 Å². The summed E-state index contributed by atoms with van der Waals surface area (Å²) >= 11 is 5.76. The first kappa shape index (κ1) is 15.0. The summed E-state index contributed by atoms with van der Waals surface area (Å²) in [6.45, 7) is 6.04. The van der Waals surface area contributed by atoms with Crippen LogP contribution in [0.4, 0.5) is 0 Å². The second-order valence-electron chi connectivity index (χ2n) is 4.87. The van der Waals surface area contributed by atoms with E-state index in [2.05, 4.69) is 5.32 Å². The number of aliphatic hydroxyl groups excluding tert-OH is 1. The molecule has 0 heterocycles. The SMILES string of the molecule is CC(C)C(C)NC(=O)CC(O)c1ccc(Cl)cc1. The number of benzene rings is 1. The molecule has 4 heteroatoms. The predicted molar refractivity (Wildman–Crippen MR) is 73.5 cm³/mol. The molecule has 1 amide bonds. The normalized spacial score (nSPS) is 14.3. The Hall–Kier alpha value is -1.06. The first-order valence-electron chi connectivity index (χ1n) is 6.13. The molecule has 0 saturated carbocycles. The van der Waals surface area contributed by atoms with E-state index in [-0.39, 0.29) is 18.4 Å². The maximum atomic E-state index is 11.7. The minimum atomic E-state index is -0.790. The number of amides is 1. The van der Waals surface area contributed by atoms with Crippen LogP contribution in [-0.4, -0.2) is 17.1 Å². The first-order chi connectivity index (χ1) is 8.40. The van der Waals surface area contributed by atoms with Crippen molar-refractivity contribution in [3.05, 3.63) is 34.9 Å². The average molecular weight is 270 g/mol. The summed E-state index contributed by atoms with van der Waals surface area (Å²) in [7, 11) is 0. The van der Waals surface area contributed by atoms with E-state index in [0.29, 0.717) is 16.5 Å². The third-order valence-electron chi connectivity index (χ3n) is 3.02. The number of aliphatic hydroxyl groups is 1. The molecule has 1 aromatic carbocycles. The van der Waals surface area contributed by atoms with E-state index in [4.69, 9.17) is 11.6 Å². The summed E-state index contributed by atoms with van der Waals surface area (Å²) in [4.78, 5) is 11.7. The highest BCUT2D eigenvalue weighted by atomic mass is 35.5. The molecule has 3 nitrogen and oxygen atoms in total. The topological polar surface area (TPSA) is 49.3 Å². The second-order valence-corrected chi connectivity index (χ2v) is 5.31. The van der Waals surface area contributed by atoms with Crippen LogP contribution in [0.1, 0.15) is 38.9 Å². The molecule has 0 aliphatic carbocycles. The van der Waals surface area contributed by atoms with Crippen molar-refractivity contribution >= 4 is 17.5 Å². The van der Waals surface area contributed by atoms with Crippen LogP contribution >= 0.6 is 11.6 Å². The third kappa shape index (κ3) is 4.67. The van der Waals surface area contributed by atoms with E-state index >= 15 is 0 Å². The van der Waals surface area contributed by atoms with Gasteiger partial charge in [-0.3, -0.25) is 4.79 Å². The van der Waals surface area contributed by atoms with Crippen molar-refractivity contribution < 1.29 is 9.90 Å². The van der Waals surface area contributed by atoms with Crippen LogP contribution < -0.4 is 5.32 Å². The first-order valence-corrected chi connectivity index (χ1v) is 6.51. The largest absolute Gasteiger partial charge is 0.388 e. The lowest BCUT2D eigenvalue weighted by Crippen LogP contribution is -2.36. The van der Waals surface area contributed by atoms with Gasteiger partial charge in [0.05, 0.1) is 12.5 Å². The molecule has 2 atom stereocenters. The van der Waals surface area contributed by atoms with Crippen molar-refractivity contribution in [2.75, 3.05) is 0 Å². The molecule has 0 bridgehead atoms. The third-order valence-corrected chi connectivity index (χ3v) is 3.27. The quantitative estimate of drug-likeness (QED) is 0.863. The standard InChI is InChI=1S/C14H20ClNO2/c1-9(2)10(3)16-14(18)8-13(17)11-4-6-12(15)7-5-11/h4-7,9-10,13,17H,8H2,1-3H3,(H,16,18). The van der Waals surface area contributed by atoms with Gasteiger partial charge in [0.15, 0.2) is 0 Å². The predicted octanol–water partition coefficient (Wildman–Crippen LogP) is 2.92. The lowest BCUT2D eigenvalue weighted by Gasteiger charge is -2.18. The minimum absolute atomic E-state index is 0.0681. The van der Waals surface area contributed by atoms with Gasteiger partial charge in [0.2, 0.25) is 5.91 Å². The molecule has 0 spiro atoms. The number of nitrogens with one attached hydrogen (secondary N) is 1. The molecular weight excluding hydrogens is 250 g/mol. The van der Waals surface area contributed by atoms with Crippen LogP contribution in [0, 0.1) is 5.92 Å². The molecule has 2 N–H and O–H groups in total. The van der Waals surface area contributed by atoms with Crippen molar-refractivity contribution in [2.24, 2.45) is 5.92 Å². The lowest BCUT2D eigenvalue weighted by molar-refractivity contribution is -0.124. The smallest absolute Gasteiger partial charge is 0.223 e. The van der Waals surface area contributed by atoms with Crippen molar-refractivity contribution in [2.45, 2.75) is 39.3 Å². The number of hydrogen-bond donors (Lipinski definition) is 2. The van der Waals surface area contributed by atoms with Crippen LogP contribution in [0.3, 0.4) is 0 Å². The zero-order chi connectivity index (χ0) is 13.7. The Labute approximate surface area is 113 Å². The fraction of sp³-hybridized carbons (Fsp3) is 0.500. The zero-order valence-electron chi connectivity index (χ0n) is 11.0. The van der Waals surface area contributed by atoms with E-state index < -0.39 is 6.10 Å². The molecule has 0 aliphatic heterocycles.